The number of hydrogen-bond donors (Lipinski definition) is 0. The molecule has 0 unspecified atom stereocenters. The number of aromatic nitrogens is 2. The van der Waals surface area contributed by atoms with Gasteiger partial charge in [-0.3, -0.25) is 4.79 Å². The van der Waals surface area contributed by atoms with Gasteiger partial charge in [0.15, 0.2) is 0 Å². The van der Waals surface area contributed by atoms with Gasteiger partial charge in [0, 0.05) is 30.7 Å². The van der Waals surface area contributed by atoms with Gasteiger partial charge in [-0.15, -0.1) is 0 Å². The molecular formula is C17H15BrN4O3S2. The molecule has 0 saturated carbocycles. The van der Waals surface area contributed by atoms with E-state index in [9.17, 15) is 13.2 Å². The first-order valence-electron chi connectivity index (χ1n) is 8.24. The van der Waals surface area contributed by atoms with Crippen LogP contribution in [-0.2, 0) is 10.0 Å². The molecule has 0 spiro atoms. The molecule has 1 fully saturated rings. The van der Waals surface area contributed by atoms with E-state index in [0.717, 1.165) is 16.2 Å². The van der Waals surface area contributed by atoms with Crippen molar-refractivity contribution in [1.82, 2.24) is 18.0 Å². The third kappa shape index (κ3) is 3.38. The van der Waals surface area contributed by atoms with E-state index in [1.165, 1.54) is 4.31 Å². The predicted octanol–water partition coefficient (Wildman–Crippen LogP) is 2.60. The van der Waals surface area contributed by atoms with Crippen LogP contribution in [0, 0.1) is 0 Å². The third-order valence-electron chi connectivity index (χ3n) is 4.50. The number of carbonyl (C=O) groups excluding carboxylic acids is 1. The monoisotopic (exact) mass is 466 g/mol. The fraction of sp³-hybridized carbons (Fsp3) is 0.235. The zero-order valence-electron chi connectivity index (χ0n) is 14.1. The smallest absolute Gasteiger partial charge is 0.255 e. The lowest BCUT2D eigenvalue weighted by Gasteiger charge is -2.34. The summed E-state index contributed by atoms with van der Waals surface area (Å²) in [5.41, 5.74) is 1.55. The molecule has 10 heteroatoms. The second kappa shape index (κ2) is 7.27. The minimum absolute atomic E-state index is 0.106. The van der Waals surface area contributed by atoms with Gasteiger partial charge in [-0.1, -0.05) is 18.2 Å². The maximum atomic E-state index is 13.1. The molecule has 1 amide bonds. The highest BCUT2D eigenvalue weighted by Crippen LogP contribution is 2.26. The van der Waals surface area contributed by atoms with Gasteiger partial charge in [0.25, 0.3) is 5.91 Å². The Kier molecular flexibility index (Phi) is 4.97. The average molecular weight is 467 g/mol. The molecule has 1 saturated heterocycles. The van der Waals surface area contributed by atoms with Gasteiger partial charge in [-0.05, 0) is 40.2 Å². The second-order valence-corrected chi connectivity index (χ2v) is 9.35. The lowest BCUT2D eigenvalue weighted by molar-refractivity contribution is 0.0697. The molecule has 1 aromatic heterocycles. The molecule has 140 valence electrons. The number of nitrogens with zero attached hydrogens (tertiary/aromatic N) is 4. The summed E-state index contributed by atoms with van der Waals surface area (Å²) >= 11 is 4.38. The Balaban J connectivity index is 1.53. The lowest BCUT2D eigenvalue weighted by atomic mass is 10.2. The number of benzene rings is 2. The molecule has 0 atom stereocenters. The highest BCUT2D eigenvalue weighted by atomic mass is 79.9. The van der Waals surface area contributed by atoms with Crippen LogP contribution >= 0.6 is 27.7 Å². The zero-order valence-corrected chi connectivity index (χ0v) is 17.3. The Labute approximate surface area is 169 Å². The van der Waals surface area contributed by atoms with Crippen LogP contribution in [0.15, 0.2) is 51.8 Å². The van der Waals surface area contributed by atoms with Gasteiger partial charge >= 0.3 is 0 Å². The van der Waals surface area contributed by atoms with E-state index in [0.29, 0.717) is 29.7 Å². The lowest BCUT2D eigenvalue weighted by Crippen LogP contribution is -2.50. The van der Waals surface area contributed by atoms with Crippen LogP contribution in [0.5, 0.6) is 0 Å². The van der Waals surface area contributed by atoms with E-state index in [1.54, 1.807) is 35.2 Å². The Hall–Kier alpha value is -1.88. The number of piperazine rings is 1. The van der Waals surface area contributed by atoms with Crippen LogP contribution in [0.2, 0.25) is 0 Å². The van der Waals surface area contributed by atoms with Gasteiger partial charge < -0.3 is 4.90 Å². The Morgan fingerprint density at radius 1 is 1.00 bits per heavy atom. The van der Waals surface area contributed by atoms with E-state index in [4.69, 9.17) is 0 Å². The first-order valence-corrected chi connectivity index (χ1v) is 11.2. The summed E-state index contributed by atoms with van der Waals surface area (Å²) in [6.45, 7) is 1.16. The first-order chi connectivity index (χ1) is 13.0. The molecule has 0 radical (unpaired) electrons. The number of sulfonamides is 1. The number of rotatable bonds is 3. The standard InChI is InChI=1S/C17H15BrN4O3S2/c18-13-5-2-1-4-12(13)17(23)21-8-10-22(11-9-21)27(24,25)15-7-3-6-14-16(15)20-26-19-14/h1-7H,8-11H2. The minimum Gasteiger partial charge on any atom is -0.336 e. The van der Waals surface area contributed by atoms with E-state index < -0.39 is 10.0 Å². The van der Waals surface area contributed by atoms with E-state index >= 15 is 0 Å². The maximum Gasteiger partial charge on any atom is 0.255 e. The molecule has 4 rings (SSSR count). The van der Waals surface area contributed by atoms with Crippen molar-refractivity contribution in [3.63, 3.8) is 0 Å². The van der Waals surface area contributed by atoms with Gasteiger partial charge in [-0.2, -0.15) is 13.1 Å². The van der Waals surface area contributed by atoms with E-state index in [2.05, 4.69) is 24.7 Å². The van der Waals surface area contributed by atoms with E-state index in [1.807, 2.05) is 12.1 Å². The van der Waals surface area contributed by atoms with Crippen molar-refractivity contribution in [2.45, 2.75) is 4.90 Å². The molecule has 3 aromatic rings. The van der Waals surface area contributed by atoms with Crippen molar-refractivity contribution >= 4 is 54.6 Å². The quantitative estimate of drug-likeness (QED) is 0.592. The summed E-state index contributed by atoms with van der Waals surface area (Å²) in [6.07, 6.45) is 0. The van der Waals surface area contributed by atoms with Crippen LogP contribution in [0.3, 0.4) is 0 Å². The molecule has 0 N–H and O–H groups in total. The third-order valence-corrected chi connectivity index (χ3v) is 7.66. The van der Waals surface area contributed by atoms with Crippen LogP contribution in [0.25, 0.3) is 11.0 Å². The molecule has 7 nitrogen and oxygen atoms in total. The van der Waals surface area contributed by atoms with Crippen LogP contribution in [0.4, 0.5) is 0 Å². The largest absolute Gasteiger partial charge is 0.336 e. The molecule has 0 aliphatic carbocycles. The molecule has 2 heterocycles. The molecule has 27 heavy (non-hydrogen) atoms. The summed E-state index contributed by atoms with van der Waals surface area (Å²) in [6, 6.07) is 12.2. The van der Waals surface area contributed by atoms with Gasteiger partial charge in [-0.25, -0.2) is 8.42 Å². The number of amides is 1. The van der Waals surface area contributed by atoms with Crippen LogP contribution in [-0.4, -0.2) is 58.5 Å². The highest BCUT2D eigenvalue weighted by Gasteiger charge is 2.32. The Bertz CT molecular complexity index is 1110. The van der Waals surface area contributed by atoms with Gasteiger partial charge in [0.1, 0.15) is 15.9 Å². The summed E-state index contributed by atoms with van der Waals surface area (Å²) in [5.74, 6) is -0.106. The molecular weight excluding hydrogens is 452 g/mol. The molecule has 2 aromatic carbocycles. The van der Waals surface area contributed by atoms with Crippen molar-refractivity contribution in [1.29, 1.82) is 0 Å². The average Bonchev–Trinajstić information content (AvgIpc) is 3.16. The second-order valence-electron chi connectivity index (χ2n) is 6.06. The topological polar surface area (TPSA) is 83.5 Å². The normalized spacial score (nSPS) is 16.0. The Morgan fingerprint density at radius 2 is 1.74 bits per heavy atom. The fourth-order valence-electron chi connectivity index (χ4n) is 3.07. The van der Waals surface area contributed by atoms with Crippen LogP contribution < -0.4 is 0 Å². The number of hydrogen-bond acceptors (Lipinski definition) is 6. The number of fused-ring (bicyclic) bond motifs is 1. The van der Waals surface area contributed by atoms with E-state index in [-0.39, 0.29) is 23.9 Å². The number of halogens is 1. The summed E-state index contributed by atoms with van der Waals surface area (Å²) in [5, 5.41) is 0. The Morgan fingerprint density at radius 3 is 2.48 bits per heavy atom. The summed E-state index contributed by atoms with van der Waals surface area (Å²) in [4.78, 5) is 14.5. The van der Waals surface area contributed by atoms with Crippen molar-refractivity contribution in [2.75, 3.05) is 26.2 Å². The molecule has 0 bridgehead atoms. The highest BCUT2D eigenvalue weighted by molar-refractivity contribution is 9.10. The maximum absolute atomic E-state index is 13.1. The predicted molar refractivity (Wildman–Crippen MR) is 106 cm³/mol. The van der Waals surface area contributed by atoms with Gasteiger partial charge in [0.2, 0.25) is 10.0 Å². The molecule has 1 aliphatic rings. The summed E-state index contributed by atoms with van der Waals surface area (Å²) < 4.78 is 36.5. The van der Waals surface area contributed by atoms with Crippen LogP contribution in [0.1, 0.15) is 10.4 Å². The van der Waals surface area contributed by atoms with Crippen molar-refractivity contribution in [2.24, 2.45) is 0 Å². The first kappa shape index (κ1) is 18.5. The van der Waals surface area contributed by atoms with Gasteiger partial charge in [0.05, 0.1) is 17.3 Å². The minimum atomic E-state index is -3.69. The number of carbonyl (C=O) groups is 1. The van der Waals surface area contributed by atoms with Crippen molar-refractivity contribution in [3.05, 3.63) is 52.5 Å². The summed E-state index contributed by atoms with van der Waals surface area (Å²) in [7, 11) is -3.69. The fourth-order valence-corrected chi connectivity index (χ4v) is 5.69. The van der Waals surface area contributed by atoms with Crippen molar-refractivity contribution < 1.29 is 13.2 Å². The van der Waals surface area contributed by atoms with Crippen molar-refractivity contribution in [3.8, 4) is 0 Å². The zero-order chi connectivity index (χ0) is 19.0. The molecule has 1 aliphatic heterocycles. The SMILES string of the molecule is O=C(c1ccccc1Br)N1CCN(S(=O)(=O)c2cccc3nsnc23)CC1.